The van der Waals surface area contributed by atoms with Crippen LogP contribution in [0.25, 0.3) is 28.2 Å². The summed E-state index contributed by atoms with van der Waals surface area (Å²) in [6, 6.07) is 27.1. The lowest BCUT2D eigenvalue weighted by molar-refractivity contribution is -0.112. The molecular weight excluding hydrogens is 478 g/mol. The van der Waals surface area contributed by atoms with Gasteiger partial charge in [0.25, 0.3) is 5.91 Å². The van der Waals surface area contributed by atoms with Gasteiger partial charge in [0, 0.05) is 34.2 Å². The van der Waals surface area contributed by atoms with Crippen LogP contribution < -0.4 is 5.32 Å². The Morgan fingerprint density at radius 3 is 2.69 bits per heavy atom. The zero-order valence-corrected chi connectivity index (χ0v) is 19.9. The second-order valence-corrected chi connectivity index (χ2v) is 9.33. The molecule has 0 atom stereocenters. The number of nitrogens with zero attached hydrogens (tertiary/aromatic N) is 2. The van der Waals surface area contributed by atoms with Crippen molar-refractivity contribution < 1.29 is 9.21 Å². The molecule has 0 radical (unpaired) electrons. The first kappa shape index (κ1) is 22.6. The van der Waals surface area contributed by atoms with Crippen LogP contribution in [-0.4, -0.2) is 10.9 Å². The van der Waals surface area contributed by atoms with Crippen LogP contribution >= 0.6 is 22.9 Å². The molecule has 0 fully saturated rings. The highest BCUT2D eigenvalue weighted by Crippen LogP contribution is 2.27. The fourth-order valence-electron chi connectivity index (χ4n) is 3.74. The van der Waals surface area contributed by atoms with E-state index in [0.717, 1.165) is 10.4 Å². The van der Waals surface area contributed by atoms with E-state index in [9.17, 15) is 10.1 Å². The molecule has 0 spiro atoms. The lowest BCUT2D eigenvalue weighted by Gasteiger charge is -2.04. The zero-order valence-electron chi connectivity index (χ0n) is 18.4. The molecule has 0 aliphatic rings. The number of hydrogen-bond donors (Lipinski definition) is 1. The van der Waals surface area contributed by atoms with Gasteiger partial charge >= 0.3 is 0 Å². The second kappa shape index (κ2) is 9.98. The zero-order chi connectivity index (χ0) is 24.2. The largest absolute Gasteiger partial charge is 0.457 e. The number of nitrogens with one attached hydrogen (secondary N) is 1. The molecule has 1 amide bonds. The van der Waals surface area contributed by atoms with Gasteiger partial charge < -0.3 is 4.42 Å². The lowest BCUT2D eigenvalue weighted by Crippen LogP contribution is -2.13. The number of aromatic nitrogens is 1. The quantitative estimate of drug-likeness (QED) is 0.197. The van der Waals surface area contributed by atoms with Crippen LogP contribution in [0.15, 0.2) is 95.0 Å². The molecule has 3 aromatic carbocycles. The van der Waals surface area contributed by atoms with Crippen molar-refractivity contribution in [2.45, 2.75) is 6.42 Å². The molecule has 2 aromatic heterocycles. The summed E-state index contributed by atoms with van der Waals surface area (Å²) in [7, 11) is 0. The Kier molecular flexibility index (Phi) is 6.44. The Balaban J connectivity index is 1.29. The topological polar surface area (TPSA) is 78.9 Å². The summed E-state index contributed by atoms with van der Waals surface area (Å²) in [5, 5.41) is 15.7. The summed E-state index contributed by atoms with van der Waals surface area (Å²) in [5.74, 6) is 0.476. The van der Waals surface area contributed by atoms with E-state index in [0.29, 0.717) is 28.1 Å². The molecule has 5 rings (SSSR count). The first-order valence-electron chi connectivity index (χ1n) is 10.8. The molecular formula is C28H18ClN3O2S. The molecule has 5 aromatic rings. The number of furan rings is 1. The first-order chi connectivity index (χ1) is 17.1. The minimum absolute atomic E-state index is 0.0761. The number of hydrogen-bond acceptors (Lipinski definition) is 5. The number of nitriles is 1. The fraction of sp³-hybridized carbons (Fsp3) is 0.0357. The molecule has 0 aliphatic heterocycles. The van der Waals surface area contributed by atoms with Gasteiger partial charge in [0.1, 0.15) is 23.2 Å². The molecule has 0 aliphatic carbocycles. The number of fused-ring (bicyclic) bond motifs is 1. The highest BCUT2D eigenvalue weighted by molar-refractivity contribution is 7.15. The van der Waals surface area contributed by atoms with Crippen LogP contribution in [0.1, 0.15) is 16.2 Å². The van der Waals surface area contributed by atoms with Crippen LogP contribution in [0.2, 0.25) is 5.02 Å². The van der Waals surface area contributed by atoms with Gasteiger partial charge in [0.05, 0.1) is 0 Å². The van der Waals surface area contributed by atoms with Gasteiger partial charge in [0.15, 0.2) is 5.13 Å². The van der Waals surface area contributed by atoms with E-state index in [1.54, 1.807) is 30.5 Å². The third-order valence-electron chi connectivity index (χ3n) is 5.43. The van der Waals surface area contributed by atoms with E-state index in [4.69, 9.17) is 16.0 Å². The average molecular weight is 496 g/mol. The highest BCUT2D eigenvalue weighted by Gasteiger charge is 2.14. The van der Waals surface area contributed by atoms with E-state index in [2.05, 4.69) is 34.6 Å². The summed E-state index contributed by atoms with van der Waals surface area (Å²) in [4.78, 5) is 18.0. The molecule has 5 nitrogen and oxygen atoms in total. The predicted octanol–water partition coefficient (Wildman–Crippen LogP) is 7.35. The minimum Gasteiger partial charge on any atom is -0.457 e. The molecule has 1 N–H and O–H groups in total. The molecule has 0 unspecified atom stereocenters. The lowest BCUT2D eigenvalue weighted by atomic mass is 10.0. The normalized spacial score (nSPS) is 11.4. The summed E-state index contributed by atoms with van der Waals surface area (Å²) in [6.07, 6.45) is 3.87. The summed E-state index contributed by atoms with van der Waals surface area (Å²) in [6.45, 7) is 0. The summed E-state index contributed by atoms with van der Waals surface area (Å²) < 4.78 is 5.78. The van der Waals surface area contributed by atoms with E-state index < -0.39 is 5.91 Å². The van der Waals surface area contributed by atoms with Crippen molar-refractivity contribution in [2.24, 2.45) is 0 Å². The van der Waals surface area contributed by atoms with Crippen molar-refractivity contribution in [3.63, 3.8) is 0 Å². The SMILES string of the molecule is N#CC(=Cc1ccc(-c2ccc(Cl)cc2)o1)C(=O)Nc1ncc(Cc2cccc3ccccc23)s1. The Hall–Kier alpha value is -4.18. The number of carbonyl (C=O) groups is 1. The van der Waals surface area contributed by atoms with Crippen LogP contribution in [0.5, 0.6) is 0 Å². The molecule has 170 valence electrons. The summed E-state index contributed by atoms with van der Waals surface area (Å²) in [5.41, 5.74) is 1.96. The van der Waals surface area contributed by atoms with Crippen LogP contribution in [0, 0.1) is 11.3 Å². The number of carbonyl (C=O) groups excluding carboxylic acids is 1. The third kappa shape index (κ3) is 5.17. The van der Waals surface area contributed by atoms with Crippen molar-refractivity contribution in [1.82, 2.24) is 4.98 Å². The molecule has 35 heavy (non-hydrogen) atoms. The Labute approximate surface area is 210 Å². The number of benzene rings is 3. The average Bonchev–Trinajstić information content (AvgIpc) is 3.53. The highest BCUT2D eigenvalue weighted by atomic mass is 35.5. The van der Waals surface area contributed by atoms with Crippen molar-refractivity contribution in [2.75, 3.05) is 5.32 Å². The number of anilines is 1. The molecule has 0 saturated carbocycles. The Morgan fingerprint density at radius 1 is 1.06 bits per heavy atom. The van der Waals surface area contributed by atoms with E-state index >= 15 is 0 Å². The second-order valence-electron chi connectivity index (χ2n) is 7.78. The van der Waals surface area contributed by atoms with Gasteiger partial charge in [-0.15, -0.1) is 11.3 Å². The molecule has 7 heteroatoms. The Morgan fingerprint density at radius 2 is 1.86 bits per heavy atom. The predicted molar refractivity (Wildman–Crippen MR) is 140 cm³/mol. The number of halogens is 1. The smallest absolute Gasteiger partial charge is 0.268 e. The van der Waals surface area contributed by atoms with Gasteiger partial charge in [-0.1, -0.05) is 54.1 Å². The van der Waals surface area contributed by atoms with E-state index in [1.165, 1.54) is 33.7 Å². The van der Waals surface area contributed by atoms with E-state index in [1.807, 2.05) is 36.4 Å². The van der Waals surface area contributed by atoms with Crippen LogP contribution in [-0.2, 0) is 11.2 Å². The van der Waals surface area contributed by atoms with Crippen molar-refractivity contribution in [3.05, 3.63) is 112 Å². The summed E-state index contributed by atoms with van der Waals surface area (Å²) >= 11 is 7.32. The van der Waals surface area contributed by atoms with Gasteiger partial charge in [-0.2, -0.15) is 5.26 Å². The van der Waals surface area contributed by atoms with Crippen LogP contribution in [0.3, 0.4) is 0 Å². The van der Waals surface area contributed by atoms with E-state index in [-0.39, 0.29) is 5.57 Å². The third-order valence-corrected chi connectivity index (χ3v) is 6.59. The minimum atomic E-state index is -0.539. The monoisotopic (exact) mass is 495 g/mol. The molecule has 2 heterocycles. The fourth-order valence-corrected chi connectivity index (χ4v) is 4.69. The van der Waals surface area contributed by atoms with Gasteiger partial charge in [0.2, 0.25) is 0 Å². The van der Waals surface area contributed by atoms with Crippen molar-refractivity contribution >= 4 is 50.8 Å². The maximum atomic E-state index is 12.7. The van der Waals surface area contributed by atoms with Gasteiger partial charge in [-0.05, 0) is 52.7 Å². The van der Waals surface area contributed by atoms with Gasteiger partial charge in [-0.3, -0.25) is 10.1 Å². The van der Waals surface area contributed by atoms with Crippen LogP contribution in [0.4, 0.5) is 5.13 Å². The first-order valence-corrected chi connectivity index (χ1v) is 12.0. The molecule has 0 bridgehead atoms. The van der Waals surface area contributed by atoms with Crippen molar-refractivity contribution in [1.29, 1.82) is 5.26 Å². The Bertz CT molecular complexity index is 1590. The van der Waals surface area contributed by atoms with Gasteiger partial charge in [-0.25, -0.2) is 4.98 Å². The maximum Gasteiger partial charge on any atom is 0.268 e. The number of thiazole rings is 1. The molecule has 0 saturated heterocycles. The standard InChI is InChI=1S/C28H18ClN3O2S/c29-22-10-8-19(9-11-22)26-13-12-23(34-26)14-21(16-30)27(33)32-28-31-17-24(35-28)15-20-6-3-5-18-4-1-2-7-25(18)20/h1-14,17H,15H2,(H,31,32,33). The number of amides is 1. The number of rotatable bonds is 6. The maximum absolute atomic E-state index is 12.7. The van der Waals surface area contributed by atoms with Crippen molar-refractivity contribution in [3.8, 4) is 17.4 Å².